The van der Waals surface area contributed by atoms with Crippen molar-refractivity contribution < 1.29 is 0 Å². The second-order valence-electron chi connectivity index (χ2n) is 4.22. The number of aromatic nitrogens is 2. The van der Waals surface area contributed by atoms with E-state index in [0.717, 1.165) is 28.6 Å². The Balaban J connectivity index is 2.44. The summed E-state index contributed by atoms with van der Waals surface area (Å²) in [6.07, 6.45) is 5.37. The third-order valence-corrected chi connectivity index (χ3v) is 3.57. The van der Waals surface area contributed by atoms with Gasteiger partial charge in [0.2, 0.25) is 0 Å². The van der Waals surface area contributed by atoms with Crippen LogP contribution in [0, 0.1) is 0 Å². The van der Waals surface area contributed by atoms with Crippen molar-refractivity contribution in [3.8, 4) is 5.69 Å². The minimum atomic E-state index is 0.140. The molecule has 2 N–H and O–H groups in total. The molecule has 0 saturated heterocycles. The van der Waals surface area contributed by atoms with Crippen molar-refractivity contribution in [1.29, 1.82) is 0 Å². The summed E-state index contributed by atoms with van der Waals surface area (Å²) in [7, 11) is 0. The lowest BCUT2D eigenvalue weighted by Crippen LogP contribution is -2.22. The van der Waals surface area contributed by atoms with Gasteiger partial charge in [0.1, 0.15) is 0 Å². The SMILES string of the molecule is CCC(N)Cc1cccc(Cl)c1-n1cc(Br)cn1. The van der Waals surface area contributed by atoms with Gasteiger partial charge < -0.3 is 5.73 Å². The maximum atomic E-state index is 6.28. The first kappa shape index (κ1) is 13.6. The minimum Gasteiger partial charge on any atom is -0.327 e. The van der Waals surface area contributed by atoms with E-state index in [9.17, 15) is 0 Å². The van der Waals surface area contributed by atoms with Crippen LogP contribution >= 0.6 is 27.5 Å². The van der Waals surface area contributed by atoms with E-state index in [0.29, 0.717) is 5.02 Å². The van der Waals surface area contributed by atoms with E-state index >= 15 is 0 Å². The highest BCUT2D eigenvalue weighted by Gasteiger charge is 2.12. The fourth-order valence-corrected chi connectivity index (χ4v) is 2.40. The first-order chi connectivity index (χ1) is 8.61. The molecule has 1 unspecified atom stereocenters. The predicted molar refractivity (Wildman–Crippen MR) is 78.2 cm³/mol. The highest BCUT2D eigenvalue weighted by molar-refractivity contribution is 9.10. The molecule has 0 bridgehead atoms. The molecule has 1 heterocycles. The van der Waals surface area contributed by atoms with Crippen LogP contribution in [0.5, 0.6) is 0 Å². The molecule has 0 spiro atoms. The first-order valence-electron chi connectivity index (χ1n) is 5.85. The van der Waals surface area contributed by atoms with Gasteiger partial charge in [-0.3, -0.25) is 0 Å². The Bertz CT molecular complexity index is 539. The molecule has 5 heteroatoms. The van der Waals surface area contributed by atoms with Gasteiger partial charge in [-0.25, -0.2) is 4.68 Å². The molecule has 1 atom stereocenters. The average molecular weight is 329 g/mol. The lowest BCUT2D eigenvalue weighted by molar-refractivity contribution is 0.642. The topological polar surface area (TPSA) is 43.8 Å². The number of nitrogens with two attached hydrogens (primary N) is 1. The molecule has 0 fully saturated rings. The van der Waals surface area contributed by atoms with Crippen LogP contribution in [-0.4, -0.2) is 15.8 Å². The highest BCUT2D eigenvalue weighted by atomic mass is 79.9. The standard InChI is InChI=1S/C13H15BrClN3/c1-2-11(16)6-9-4-3-5-12(15)13(9)18-8-10(14)7-17-18/h3-5,7-8,11H,2,6,16H2,1H3. The normalized spacial score (nSPS) is 12.7. The molecule has 96 valence electrons. The zero-order valence-corrected chi connectivity index (χ0v) is 12.4. The van der Waals surface area contributed by atoms with Crippen molar-refractivity contribution >= 4 is 27.5 Å². The van der Waals surface area contributed by atoms with Crippen LogP contribution in [0.4, 0.5) is 0 Å². The average Bonchev–Trinajstić information content (AvgIpc) is 2.75. The lowest BCUT2D eigenvalue weighted by Gasteiger charge is -2.14. The minimum absolute atomic E-state index is 0.140. The molecular weight excluding hydrogens is 314 g/mol. The monoisotopic (exact) mass is 327 g/mol. The largest absolute Gasteiger partial charge is 0.327 e. The molecular formula is C13H15BrClN3. The van der Waals surface area contributed by atoms with Crippen molar-refractivity contribution in [3.63, 3.8) is 0 Å². The van der Waals surface area contributed by atoms with Gasteiger partial charge in [0, 0.05) is 12.2 Å². The maximum absolute atomic E-state index is 6.28. The van der Waals surface area contributed by atoms with E-state index in [1.165, 1.54) is 0 Å². The van der Waals surface area contributed by atoms with E-state index in [1.807, 2.05) is 24.4 Å². The van der Waals surface area contributed by atoms with Crippen LogP contribution in [0.1, 0.15) is 18.9 Å². The predicted octanol–water partition coefficient (Wildman–Crippen LogP) is 3.57. The van der Waals surface area contributed by atoms with Crippen LogP contribution in [0.2, 0.25) is 5.02 Å². The molecule has 2 aromatic rings. The number of benzene rings is 1. The van der Waals surface area contributed by atoms with Crippen molar-refractivity contribution in [2.75, 3.05) is 0 Å². The van der Waals surface area contributed by atoms with E-state index in [4.69, 9.17) is 17.3 Å². The third kappa shape index (κ3) is 2.94. The second-order valence-corrected chi connectivity index (χ2v) is 5.55. The van der Waals surface area contributed by atoms with Crippen LogP contribution in [-0.2, 0) is 6.42 Å². The Kier molecular flexibility index (Phi) is 4.43. The van der Waals surface area contributed by atoms with E-state index in [1.54, 1.807) is 10.9 Å². The molecule has 3 nitrogen and oxygen atoms in total. The van der Waals surface area contributed by atoms with E-state index in [2.05, 4.69) is 28.0 Å². The Morgan fingerprint density at radius 1 is 1.50 bits per heavy atom. The molecule has 0 aliphatic rings. The molecule has 0 saturated carbocycles. The molecule has 1 aromatic heterocycles. The van der Waals surface area contributed by atoms with Gasteiger partial charge in [-0.2, -0.15) is 5.10 Å². The summed E-state index contributed by atoms with van der Waals surface area (Å²) in [5.41, 5.74) is 8.05. The Hall–Kier alpha value is -0.840. The summed E-state index contributed by atoms with van der Waals surface area (Å²) in [6, 6.07) is 6.00. The van der Waals surface area contributed by atoms with Gasteiger partial charge in [-0.15, -0.1) is 0 Å². The number of halogens is 2. The first-order valence-corrected chi connectivity index (χ1v) is 7.02. The summed E-state index contributed by atoms with van der Waals surface area (Å²) < 4.78 is 2.71. The Morgan fingerprint density at radius 2 is 2.28 bits per heavy atom. The highest BCUT2D eigenvalue weighted by Crippen LogP contribution is 2.26. The van der Waals surface area contributed by atoms with Crippen LogP contribution < -0.4 is 5.73 Å². The van der Waals surface area contributed by atoms with Gasteiger partial charge in [-0.1, -0.05) is 30.7 Å². The van der Waals surface area contributed by atoms with Crippen LogP contribution in [0.15, 0.2) is 35.1 Å². The zero-order valence-electron chi connectivity index (χ0n) is 10.1. The quantitative estimate of drug-likeness (QED) is 0.932. The van der Waals surface area contributed by atoms with E-state index in [-0.39, 0.29) is 6.04 Å². The fourth-order valence-electron chi connectivity index (χ4n) is 1.83. The second kappa shape index (κ2) is 5.87. The van der Waals surface area contributed by atoms with Crippen molar-refractivity contribution in [2.24, 2.45) is 5.73 Å². The zero-order chi connectivity index (χ0) is 13.1. The Morgan fingerprint density at radius 3 is 2.89 bits per heavy atom. The fraction of sp³-hybridized carbons (Fsp3) is 0.308. The molecule has 0 aliphatic carbocycles. The lowest BCUT2D eigenvalue weighted by atomic mass is 10.0. The number of rotatable bonds is 4. The summed E-state index contributed by atoms with van der Waals surface area (Å²) >= 11 is 9.67. The van der Waals surface area contributed by atoms with E-state index < -0.39 is 0 Å². The van der Waals surface area contributed by atoms with Gasteiger partial charge in [0.05, 0.1) is 21.4 Å². The molecule has 2 rings (SSSR count). The number of nitrogens with zero attached hydrogens (tertiary/aromatic N) is 2. The van der Waals surface area contributed by atoms with Gasteiger partial charge in [0.15, 0.2) is 0 Å². The van der Waals surface area contributed by atoms with Gasteiger partial charge >= 0.3 is 0 Å². The van der Waals surface area contributed by atoms with Crippen molar-refractivity contribution in [3.05, 3.63) is 45.7 Å². The van der Waals surface area contributed by atoms with Crippen LogP contribution in [0.3, 0.4) is 0 Å². The number of hydrogen-bond acceptors (Lipinski definition) is 2. The molecule has 0 amide bonds. The van der Waals surface area contributed by atoms with Gasteiger partial charge in [-0.05, 0) is 40.4 Å². The third-order valence-electron chi connectivity index (χ3n) is 2.86. The summed E-state index contributed by atoms with van der Waals surface area (Å²) in [5.74, 6) is 0. The van der Waals surface area contributed by atoms with Crippen molar-refractivity contribution in [1.82, 2.24) is 9.78 Å². The number of para-hydroxylation sites is 1. The maximum Gasteiger partial charge on any atom is 0.0864 e. The summed E-state index contributed by atoms with van der Waals surface area (Å²) in [5, 5.41) is 4.97. The smallest absolute Gasteiger partial charge is 0.0864 e. The summed E-state index contributed by atoms with van der Waals surface area (Å²) in [4.78, 5) is 0. The Labute approximate surface area is 120 Å². The number of hydrogen-bond donors (Lipinski definition) is 1. The molecule has 18 heavy (non-hydrogen) atoms. The molecule has 1 aromatic carbocycles. The molecule has 0 radical (unpaired) electrons. The summed E-state index contributed by atoms with van der Waals surface area (Å²) in [6.45, 7) is 2.08. The van der Waals surface area contributed by atoms with Crippen molar-refractivity contribution in [2.45, 2.75) is 25.8 Å². The molecule has 0 aliphatic heterocycles. The van der Waals surface area contributed by atoms with Gasteiger partial charge in [0.25, 0.3) is 0 Å². The van der Waals surface area contributed by atoms with Crippen LogP contribution in [0.25, 0.3) is 5.69 Å².